The zero-order valence-electron chi connectivity index (χ0n) is 15.9. The van der Waals surface area contributed by atoms with E-state index in [1.54, 1.807) is 35.6 Å². The van der Waals surface area contributed by atoms with Gasteiger partial charge in [0, 0.05) is 30.3 Å². The van der Waals surface area contributed by atoms with Crippen LogP contribution >= 0.6 is 11.3 Å². The number of hydrogen-bond acceptors (Lipinski definition) is 6. The summed E-state index contributed by atoms with van der Waals surface area (Å²) in [5.74, 6) is 1.76. The van der Waals surface area contributed by atoms with E-state index in [1.807, 2.05) is 29.0 Å². The predicted octanol–water partition coefficient (Wildman–Crippen LogP) is 4.98. The van der Waals surface area contributed by atoms with Crippen LogP contribution in [0.5, 0.6) is 11.5 Å². The quantitative estimate of drug-likeness (QED) is 0.433. The third-order valence-electron chi connectivity index (χ3n) is 4.28. The van der Waals surface area contributed by atoms with Gasteiger partial charge in [-0.15, -0.1) is 0 Å². The molecule has 0 aliphatic carbocycles. The van der Waals surface area contributed by atoms with Gasteiger partial charge in [0.25, 0.3) is 0 Å². The number of rotatable bonds is 8. The highest BCUT2D eigenvalue weighted by Crippen LogP contribution is 2.22. The molecule has 0 atom stereocenters. The third-order valence-corrected chi connectivity index (χ3v) is 4.96. The molecule has 1 amide bonds. The molecule has 1 N–H and O–H groups in total. The Labute approximate surface area is 176 Å². The number of benzene rings is 2. The summed E-state index contributed by atoms with van der Waals surface area (Å²) in [4.78, 5) is 16.4. The minimum atomic E-state index is -0.310. The fraction of sp³-hybridized carbons (Fsp3) is 0.136. The SMILES string of the molecule is O=C(CCc1nc(-c2ccsc2)no1)NCc1ccc(Oc2ccc(F)cc2)cc1. The summed E-state index contributed by atoms with van der Waals surface area (Å²) in [6.07, 6.45) is 0.643. The van der Waals surface area contributed by atoms with Gasteiger partial charge in [-0.1, -0.05) is 17.3 Å². The Balaban J connectivity index is 1.22. The molecule has 2 aromatic heterocycles. The lowest BCUT2D eigenvalue weighted by Gasteiger charge is -2.08. The van der Waals surface area contributed by atoms with Crippen molar-refractivity contribution in [1.29, 1.82) is 0 Å². The van der Waals surface area contributed by atoms with Crippen LogP contribution in [0.4, 0.5) is 4.39 Å². The van der Waals surface area contributed by atoms with Gasteiger partial charge in [0.2, 0.25) is 17.6 Å². The molecule has 0 spiro atoms. The molecule has 0 aliphatic rings. The molecule has 0 radical (unpaired) electrons. The van der Waals surface area contributed by atoms with Crippen LogP contribution in [-0.4, -0.2) is 16.0 Å². The van der Waals surface area contributed by atoms with Crippen molar-refractivity contribution < 1.29 is 18.4 Å². The second kappa shape index (κ2) is 9.32. The molecule has 0 fully saturated rings. The zero-order valence-corrected chi connectivity index (χ0v) is 16.7. The second-order valence-corrected chi connectivity index (χ2v) is 7.28. The van der Waals surface area contributed by atoms with E-state index in [1.165, 1.54) is 12.1 Å². The highest BCUT2D eigenvalue weighted by Gasteiger charge is 2.11. The van der Waals surface area contributed by atoms with Crippen molar-refractivity contribution in [2.45, 2.75) is 19.4 Å². The van der Waals surface area contributed by atoms with Crippen molar-refractivity contribution in [2.75, 3.05) is 0 Å². The Bertz CT molecular complexity index is 1090. The van der Waals surface area contributed by atoms with E-state index in [-0.39, 0.29) is 18.1 Å². The summed E-state index contributed by atoms with van der Waals surface area (Å²) < 4.78 is 23.8. The van der Waals surface area contributed by atoms with Crippen molar-refractivity contribution in [1.82, 2.24) is 15.5 Å². The minimum absolute atomic E-state index is 0.100. The van der Waals surface area contributed by atoms with Crippen molar-refractivity contribution in [3.63, 3.8) is 0 Å². The summed E-state index contributed by atoms with van der Waals surface area (Å²) in [6, 6.07) is 15.1. The van der Waals surface area contributed by atoms with Crippen LogP contribution < -0.4 is 10.1 Å². The van der Waals surface area contributed by atoms with Gasteiger partial charge in [0.05, 0.1) is 0 Å². The number of halogens is 1. The average molecular weight is 423 g/mol. The number of aryl methyl sites for hydroxylation is 1. The largest absolute Gasteiger partial charge is 0.457 e. The topological polar surface area (TPSA) is 77.2 Å². The first-order chi connectivity index (χ1) is 14.7. The van der Waals surface area contributed by atoms with E-state index < -0.39 is 0 Å². The Morgan fingerprint density at radius 1 is 1.07 bits per heavy atom. The van der Waals surface area contributed by atoms with Gasteiger partial charge in [0.1, 0.15) is 17.3 Å². The average Bonchev–Trinajstić information content (AvgIpc) is 3.45. The summed E-state index contributed by atoms with van der Waals surface area (Å²) in [5, 5.41) is 10.7. The normalized spacial score (nSPS) is 10.7. The Kier molecular flexibility index (Phi) is 6.14. The summed E-state index contributed by atoms with van der Waals surface area (Å²) in [6.45, 7) is 0.402. The van der Waals surface area contributed by atoms with E-state index in [2.05, 4.69) is 15.5 Å². The smallest absolute Gasteiger partial charge is 0.227 e. The first-order valence-electron chi connectivity index (χ1n) is 9.30. The van der Waals surface area contributed by atoms with E-state index in [0.29, 0.717) is 36.2 Å². The Morgan fingerprint density at radius 3 is 2.50 bits per heavy atom. The van der Waals surface area contributed by atoms with Gasteiger partial charge < -0.3 is 14.6 Å². The number of ether oxygens (including phenoxy) is 1. The van der Waals surface area contributed by atoms with Crippen LogP contribution in [0.2, 0.25) is 0 Å². The van der Waals surface area contributed by atoms with Crippen molar-refractivity contribution in [3.8, 4) is 22.9 Å². The first-order valence-corrected chi connectivity index (χ1v) is 10.2. The van der Waals surface area contributed by atoms with E-state index in [9.17, 15) is 9.18 Å². The van der Waals surface area contributed by atoms with Crippen molar-refractivity contribution in [2.24, 2.45) is 0 Å². The molecule has 8 heteroatoms. The third kappa shape index (κ3) is 5.30. The van der Waals surface area contributed by atoms with Crippen LogP contribution in [0.15, 0.2) is 69.9 Å². The van der Waals surface area contributed by atoms with Crippen LogP contribution in [0.25, 0.3) is 11.4 Å². The van der Waals surface area contributed by atoms with Crippen molar-refractivity contribution in [3.05, 3.63) is 82.6 Å². The molecule has 2 aromatic carbocycles. The molecule has 0 aliphatic heterocycles. The summed E-state index contributed by atoms with van der Waals surface area (Å²) in [7, 11) is 0. The maximum atomic E-state index is 12.9. The fourth-order valence-corrected chi connectivity index (χ4v) is 3.32. The van der Waals surface area contributed by atoms with Crippen LogP contribution in [-0.2, 0) is 17.8 Å². The monoisotopic (exact) mass is 423 g/mol. The number of carbonyl (C=O) groups excluding carboxylic acids is 1. The maximum absolute atomic E-state index is 12.9. The molecule has 30 heavy (non-hydrogen) atoms. The molecule has 0 bridgehead atoms. The standard InChI is InChI=1S/C22H18FN3O3S/c23-17-3-7-19(8-4-17)28-18-5-1-15(2-6-18)13-24-20(27)9-10-21-25-22(26-29-21)16-11-12-30-14-16/h1-8,11-12,14H,9-10,13H2,(H,24,27). The van der Waals surface area contributed by atoms with Gasteiger partial charge in [-0.3, -0.25) is 4.79 Å². The highest BCUT2D eigenvalue weighted by molar-refractivity contribution is 7.08. The molecular weight excluding hydrogens is 405 g/mol. The number of nitrogens with zero attached hydrogens (tertiary/aromatic N) is 2. The number of aromatic nitrogens is 2. The van der Waals surface area contributed by atoms with Gasteiger partial charge in [-0.25, -0.2) is 4.39 Å². The molecule has 0 saturated carbocycles. The predicted molar refractivity (Wildman–Crippen MR) is 111 cm³/mol. The number of amides is 1. The van der Waals surface area contributed by atoms with Gasteiger partial charge in [-0.05, 0) is 53.4 Å². The molecule has 0 saturated heterocycles. The zero-order chi connectivity index (χ0) is 20.8. The first kappa shape index (κ1) is 19.8. The molecule has 4 aromatic rings. The van der Waals surface area contributed by atoms with Gasteiger partial charge >= 0.3 is 0 Å². The molecule has 152 valence electrons. The van der Waals surface area contributed by atoms with Crippen LogP contribution in [0, 0.1) is 5.82 Å². The molecule has 0 unspecified atom stereocenters. The second-order valence-electron chi connectivity index (χ2n) is 6.50. The summed E-state index contributed by atoms with van der Waals surface area (Å²) >= 11 is 1.56. The lowest BCUT2D eigenvalue weighted by molar-refractivity contribution is -0.121. The number of carbonyl (C=O) groups is 1. The van der Waals surface area contributed by atoms with E-state index in [0.717, 1.165) is 11.1 Å². The highest BCUT2D eigenvalue weighted by atomic mass is 32.1. The van der Waals surface area contributed by atoms with E-state index >= 15 is 0 Å². The number of thiophene rings is 1. The fourth-order valence-electron chi connectivity index (χ4n) is 2.69. The Hall–Kier alpha value is -3.52. The Morgan fingerprint density at radius 2 is 1.80 bits per heavy atom. The minimum Gasteiger partial charge on any atom is -0.457 e. The van der Waals surface area contributed by atoms with Crippen LogP contribution in [0.1, 0.15) is 17.9 Å². The lowest BCUT2D eigenvalue weighted by Crippen LogP contribution is -2.23. The van der Waals surface area contributed by atoms with Gasteiger partial charge in [-0.2, -0.15) is 16.3 Å². The maximum Gasteiger partial charge on any atom is 0.227 e. The lowest BCUT2D eigenvalue weighted by atomic mass is 10.2. The number of hydrogen-bond donors (Lipinski definition) is 1. The van der Waals surface area contributed by atoms with Crippen molar-refractivity contribution >= 4 is 17.2 Å². The molecule has 6 nitrogen and oxygen atoms in total. The molecular formula is C22H18FN3O3S. The van der Waals surface area contributed by atoms with E-state index in [4.69, 9.17) is 9.26 Å². The van der Waals surface area contributed by atoms with Crippen LogP contribution in [0.3, 0.4) is 0 Å². The van der Waals surface area contributed by atoms with Gasteiger partial charge in [0.15, 0.2) is 0 Å². The summed E-state index contributed by atoms with van der Waals surface area (Å²) in [5.41, 5.74) is 1.85. The molecule has 2 heterocycles. The molecule has 4 rings (SSSR count). The number of nitrogens with one attached hydrogen (secondary N) is 1.